The van der Waals surface area contributed by atoms with Crippen molar-refractivity contribution in [1.82, 2.24) is 10.2 Å². The van der Waals surface area contributed by atoms with E-state index < -0.39 is 5.60 Å². The molecule has 1 fully saturated rings. The van der Waals surface area contributed by atoms with Crippen LogP contribution < -0.4 is 5.32 Å². The lowest BCUT2D eigenvalue weighted by Gasteiger charge is -2.39. The van der Waals surface area contributed by atoms with Crippen molar-refractivity contribution in [2.45, 2.75) is 77.9 Å². The number of nitrogens with one attached hydrogen (secondary N) is 1. The summed E-state index contributed by atoms with van der Waals surface area (Å²) in [7, 11) is 2.15. The van der Waals surface area contributed by atoms with Crippen LogP contribution in [0, 0.1) is 5.41 Å². The third kappa shape index (κ3) is 7.05. The van der Waals surface area contributed by atoms with E-state index in [1.165, 1.54) is 38.5 Å². The molecule has 0 unspecified atom stereocenters. The first kappa shape index (κ1) is 17.9. The molecule has 3 nitrogen and oxygen atoms in total. The Morgan fingerprint density at radius 3 is 2.15 bits per heavy atom. The fourth-order valence-corrected chi connectivity index (χ4v) is 3.58. The molecule has 0 amide bonds. The predicted octanol–water partition coefficient (Wildman–Crippen LogP) is 3.03. The monoisotopic (exact) mass is 284 g/mol. The summed E-state index contributed by atoms with van der Waals surface area (Å²) in [6.45, 7) is 11.2. The second kappa shape index (κ2) is 7.77. The Morgan fingerprint density at radius 1 is 1.15 bits per heavy atom. The topological polar surface area (TPSA) is 35.5 Å². The molecular weight excluding hydrogens is 248 g/mol. The van der Waals surface area contributed by atoms with Gasteiger partial charge in [0.25, 0.3) is 0 Å². The molecule has 120 valence electrons. The molecule has 1 rings (SSSR count). The molecule has 20 heavy (non-hydrogen) atoms. The summed E-state index contributed by atoms with van der Waals surface area (Å²) in [5, 5.41) is 13.7. The molecule has 0 aromatic rings. The van der Waals surface area contributed by atoms with E-state index in [4.69, 9.17) is 0 Å². The maximum Gasteiger partial charge on any atom is 0.0718 e. The third-order valence-corrected chi connectivity index (χ3v) is 4.31. The van der Waals surface area contributed by atoms with E-state index in [1.807, 2.05) is 13.8 Å². The number of aliphatic hydroxyl groups is 1. The molecule has 1 saturated carbocycles. The van der Waals surface area contributed by atoms with Crippen LogP contribution in [0.2, 0.25) is 0 Å². The van der Waals surface area contributed by atoms with Crippen LogP contribution in [0.5, 0.6) is 0 Å². The maximum absolute atomic E-state index is 10.0. The van der Waals surface area contributed by atoms with Crippen LogP contribution in [0.1, 0.15) is 66.2 Å². The van der Waals surface area contributed by atoms with E-state index in [9.17, 15) is 5.11 Å². The molecule has 1 aliphatic carbocycles. The predicted molar refractivity (Wildman–Crippen MR) is 87.1 cm³/mol. The van der Waals surface area contributed by atoms with Crippen LogP contribution in [0.3, 0.4) is 0 Å². The van der Waals surface area contributed by atoms with Gasteiger partial charge in [-0.25, -0.2) is 0 Å². The van der Waals surface area contributed by atoms with Gasteiger partial charge in [0.2, 0.25) is 0 Å². The molecule has 0 radical (unpaired) electrons. The summed E-state index contributed by atoms with van der Waals surface area (Å²) < 4.78 is 0. The lowest BCUT2D eigenvalue weighted by atomic mass is 9.79. The highest BCUT2D eigenvalue weighted by molar-refractivity contribution is 4.88. The number of hydrogen-bond acceptors (Lipinski definition) is 3. The molecule has 3 heteroatoms. The van der Waals surface area contributed by atoms with Crippen LogP contribution >= 0.6 is 0 Å². The molecule has 0 atom stereocenters. The van der Waals surface area contributed by atoms with Crippen molar-refractivity contribution in [2.24, 2.45) is 5.41 Å². The molecule has 0 aromatic heterocycles. The summed E-state index contributed by atoms with van der Waals surface area (Å²) in [5.74, 6) is 0. The van der Waals surface area contributed by atoms with E-state index >= 15 is 0 Å². The number of hydrogen-bond donors (Lipinski definition) is 2. The third-order valence-electron chi connectivity index (χ3n) is 4.31. The van der Waals surface area contributed by atoms with Crippen molar-refractivity contribution < 1.29 is 5.11 Å². The van der Waals surface area contributed by atoms with Crippen LogP contribution in [0.25, 0.3) is 0 Å². The first-order valence-corrected chi connectivity index (χ1v) is 8.37. The average molecular weight is 284 g/mol. The van der Waals surface area contributed by atoms with Crippen LogP contribution in [-0.2, 0) is 0 Å². The molecule has 1 aliphatic rings. The first-order chi connectivity index (χ1) is 9.22. The highest BCUT2D eigenvalue weighted by atomic mass is 16.3. The average Bonchev–Trinajstić information content (AvgIpc) is 2.50. The molecule has 0 aromatic carbocycles. The van der Waals surface area contributed by atoms with Crippen molar-refractivity contribution in [3.63, 3.8) is 0 Å². The summed E-state index contributed by atoms with van der Waals surface area (Å²) in [6.07, 6.45) is 8.13. The van der Waals surface area contributed by atoms with Gasteiger partial charge < -0.3 is 15.3 Å². The molecule has 0 bridgehead atoms. The molecular formula is C17H36N2O. The van der Waals surface area contributed by atoms with Crippen molar-refractivity contribution >= 4 is 0 Å². The van der Waals surface area contributed by atoms with Gasteiger partial charge in [-0.05, 0) is 39.2 Å². The van der Waals surface area contributed by atoms with E-state index in [2.05, 4.69) is 31.1 Å². The molecule has 0 aliphatic heterocycles. The number of nitrogens with zero attached hydrogens (tertiary/aromatic N) is 1. The molecule has 0 spiro atoms. The normalized spacial score (nSPS) is 20.4. The standard InChI is InChI=1S/C17H36N2O/c1-15(2)18-12-17(10-8-6-7-9-11-17)14-19(5)13-16(3,4)20/h15,18,20H,6-14H2,1-5H3. The summed E-state index contributed by atoms with van der Waals surface area (Å²) >= 11 is 0. The molecule has 0 saturated heterocycles. The Bertz CT molecular complexity index is 263. The van der Waals surface area contributed by atoms with Gasteiger partial charge in [-0.2, -0.15) is 0 Å². The van der Waals surface area contributed by atoms with Gasteiger partial charge in [-0.15, -0.1) is 0 Å². The molecule has 0 heterocycles. The lowest BCUT2D eigenvalue weighted by Crippen LogP contribution is -2.47. The minimum absolute atomic E-state index is 0.390. The van der Waals surface area contributed by atoms with Crippen molar-refractivity contribution in [3.05, 3.63) is 0 Å². The number of rotatable bonds is 7. The second-order valence-corrected chi connectivity index (χ2v) is 7.93. The van der Waals surface area contributed by atoms with Crippen molar-refractivity contribution in [1.29, 1.82) is 0 Å². The second-order valence-electron chi connectivity index (χ2n) is 7.93. The highest BCUT2D eigenvalue weighted by Gasteiger charge is 2.33. The Kier molecular flexibility index (Phi) is 6.96. The van der Waals surface area contributed by atoms with Crippen LogP contribution in [0.15, 0.2) is 0 Å². The first-order valence-electron chi connectivity index (χ1n) is 8.37. The quantitative estimate of drug-likeness (QED) is 0.705. The van der Waals surface area contributed by atoms with Crippen LogP contribution in [-0.4, -0.2) is 48.3 Å². The zero-order chi connectivity index (χ0) is 15.2. The zero-order valence-electron chi connectivity index (χ0n) is 14.3. The number of likely N-dealkylation sites (N-methyl/N-ethyl adjacent to an activating group) is 1. The summed E-state index contributed by atoms with van der Waals surface area (Å²) in [4.78, 5) is 2.33. The molecule has 2 N–H and O–H groups in total. The van der Waals surface area contributed by atoms with Gasteiger partial charge in [0.15, 0.2) is 0 Å². The highest BCUT2D eigenvalue weighted by Crippen LogP contribution is 2.35. The van der Waals surface area contributed by atoms with Gasteiger partial charge in [0.05, 0.1) is 5.60 Å². The van der Waals surface area contributed by atoms with E-state index in [-0.39, 0.29) is 0 Å². The minimum Gasteiger partial charge on any atom is -0.389 e. The SMILES string of the molecule is CC(C)NCC1(CN(C)CC(C)(C)O)CCCCCC1. The Labute approximate surface area is 126 Å². The van der Waals surface area contributed by atoms with Gasteiger partial charge in [0.1, 0.15) is 0 Å². The van der Waals surface area contributed by atoms with E-state index in [1.54, 1.807) is 0 Å². The Morgan fingerprint density at radius 2 is 1.70 bits per heavy atom. The van der Waals surface area contributed by atoms with E-state index in [0.29, 0.717) is 11.5 Å². The van der Waals surface area contributed by atoms with Crippen molar-refractivity contribution in [2.75, 3.05) is 26.7 Å². The maximum atomic E-state index is 10.0. The van der Waals surface area contributed by atoms with Crippen LogP contribution in [0.4, 0.5) is 0 Å². The Hall–Kier alpha value is -0.120. The van der Waals surface area contributed by atoms with Gasteiger partial charge in [0, 0.05) is 25.7 Å². The Balaban J connectivity index is 2.65. The van der Waals surface area contributed by atoms with Gasteiger partial charge >= 0.3 is 0 Å². The van der Waals surface area contributed by atoms with Gasteiger partial charge in [-0.3, -0.25) is 0 Å². The smallest absolute Gasteiger partial charge is 0.0718 e. The summed E-state index contributed by atoms with van der Waals surface area (Å²) in [6, 6.07) is 0.551. The largest absolute Gasteiger partial charge is 0.389 e. The minimum atomic E-state index is -0.605. The van der Waals surface area contributed by atoms with Gasteiger partial charge in [-0.1, -0.05) is 39.5 Å². The summed E-state index contributed by atoms with van der Waals surface area (Å²) in [5.41, 5.74) is -0.215. The fraction of sp³-hybridized carbons (Fsp3) is 1.00. The lowest BCUT2D eigenvalue weighted by molar-refractivity contribution is 0.0268. The fourth-order valence-electron chi connectivity index (χ4n) is 3.58. The zero-order valence-corrected chi connectivity index (χ0v) is 14.3. The van der Waals surface area contributed by atoms with E-state index in [0.717, 1.165) is 19.6 Å². The van der Waals surface area contributed by atoms with Crippen molar-refractivity contribution in [3.8, 4) is 0 Å².